The summed E-state index contributed by atoms with van der Waals surface area (Å²) in [6.45, 7) is 3.40. The van der Waals surface area contributed by atoms with Crippen molar-refractivity contribution in [3.8, 4) is 0 Å². The minimum absolute atomic E-state index is 0.219. The van der Waals surface area contributed by atoms with Gasteiger partial charge in [0.2, 0.25) is 0 Å². The van der Waals surface area contributed by atoms with E-state index < -0.39 is 18.0 Å². The van der Waals surface area contributed by atoms with E-state index in [1.165, 1.54) is 7.11 Å². The first kappa shape index (κ1) is 11.9. The highest BCUT2D eigenvalue weighted by atomic mass is 16.7. The lowest BCUT2D eigenvalue weighted by Gasteiger charge is -2.47. The highest BCUT2D eigenvalue weighted by Gasteiger charge is 2.50. The molecule has 1 rings (SSSR count). The van der Waals surface area contributed by atoms with E-state index >= 15 is 0 Å². The van der Waals surface area contributed by atoms with E-state index in [0.717, 1.165) is 0 Å². The van der Waals surface area contributed by atoms with Gasteiger partial charge in [-0.25, -0.2) is 0 Å². The van der Waals surface area contributed by atoms with Crippen molar-refractivity contribution in [2.75, 3.05) is 14.2 Å². The lowest BCUT2D eigenvalue weighted by atomic mass is 9.84. The topological polar surface area (TPSA) is 71.0 Å². The molecular formula is C9H19NO4. The Kier molecular flexibility index (Phi) is 3.49. The van der Waals surface area contributed by atoms with Crippen LogP contribution >= 0.6 is 0 Å². The summed E-state index contributed by atoms with van der Waals surface area (Å²) in [6, 6.07) is -0.316. The van der Waals surface area contributed by atoms with Crippen LogP contribution in [0.25, 0.3) is 0 Å². The van der Waals surface area contributed by atoms with Crippen LogP contribution in [0.2, 0.25) is 0 Å². The molecule has 0 aromatic heterocycles. The molecule has 0 aliphatic carbocycles. The van der Waals surface area contributed by atoms with Crippen LogP contribution in [0.4, 0.5) is 0 Å². The Bertz CT molecular complexity index is 197. The van der Waals surface area contributed by atoms with Gasteiger partial charge in [0.1, 0.15) is 11.7 Å². The van der Waals surface area contributed by atoms with E-state index in [1.54, 1.807) is 14.0 Å². The molecule has 1 heterocycles. The molecule has 5 nitrogen and oxygen atoms in total. The smallest absolute Gasteiger partial charge is 0.186 e. The summed E-state index contributed by atoms with van der Waals surface area (Å²) >= 11 is 0. The number of likely N-dealkylation sites (N-methyl/N-ethyl adjacent to an activating group) is 1. The fourth-order valence-electron chi connectivity index (χ4n) is 2.01. The maximum atomic E-state index is 10.1. The van der Waals surface area contributed by atoms with Crippen LogP contribution in [-0.2, 0) is 9.47 Å². The number of rotatable bonds is 2. The number of hydrogen-bond donors (Lipinski definition) is 3. The number of hydrogen-bond acceptors (Lipinski definition) is 5. The van der Waals surface area contributed by atoms with Gasteiger partial charge in [-0.05, 0) is 20.9 Å². The largest absolute Gasteiger partial charge is 0.386 e. The molecule has 1 fully saturated rings. The molecule has 3 N–H and O–H groups in total. The van der Waals surface area contributed by atoms with Crippen LogP contribution in [-0.4, -0.2) is 54.5 Å². The summed E-state index contributed by atoms with van der Waals surface area (Å²) in [5.74, 6) is 0. The van der Waals surface area contributed by atoms with Crippen LogP contribution in [0.3, 0.4) is 0 Å². The van der Waals surface area contributed by atoms with Gasteiger partial charge >= 0.3 is 0 Å². The molecule has 5 heteroatoms. The SMILES string of the molecule is CNC1C(C)OC(OC)C(O)C1(C)O. The van der Waals surface area contributed by atoms with E-state index in [1.807, 2.05) is 6.92 Å². The standard InChI is InChI=1S/C9H19NO4/c1-5-6(10-3)9(2,12)7(11)8(13-4)14-5/h5-8,10-12H,1-4H3. The highest BCUT2D eigenvalue weighted by molar-refractivity contribution is 5.01. The Labute approximate surface area is 84.0 Å². The van der Waals surface area contributed by atoms with Gasteiger partial charge in [-0.2, -0.15) is 0 Å². The van der Waals surface area contributed by atoms with Gasteiger partial charge < -0.3 is 25.0 Å². The Morgan fingerprint density at radius 3 is 2.50 bits per heavy atom. The van der Waals surface area contributed by atoms with Crippen molar-refractivity contribution in [2.45, 2.75) is 44.0 Å². The number of aliphatic hydroxyl groups is 2. The van der Waals surface area contributed by atoms with Crippen LogP contribution in [0.1, 0.15) is 13.8 Å². The quantitative estimate of drug-likeness (QED) is 0.544. The molecule has 84 valence electrons. The molecule has 1 aliphatic rings. The second kappa shape index (κ2) is 4.12. The van der Waals surface area contributed by atoms with Gasteiger partial charge in [-0.1, -0.05) is 0 Å². The van der Waals surface area contributed by atoms with E-state index in [9.17, 15) is 10.2 Å². The van der Waals surface area contributed by atoms with Gasteiger partial charge in [0.25, 0.3) is 0 Å². The van der Waals surface area contributed by atoms with Crippen molar-refractivity contribution in [1.82, 2.24) is 5.32 Å². The first-order valence-corrected chi connectivity index (χ1v) is 4.71. The maximum Gasteiger partial charge on any atom is 0.186 e. The van der Waals surface area contributed by atoms with Crippen LogP contribution in [0.15, 0.2) is 0 Å². The van der Waals surface area contributed by atoms with Crippen LogP contribution in [0, 0.1) is 0 Å². The Balaban J connectivity index is 2.85. The van der Waals surface area contributed by atoms with Gasteiger partial charge in [0.05, 0.1) is 12.1 Å². The number of nitrogens with one attached hydrogen (secondary N) is 1. The summed E-state index contributed by atoms with van der Waals surface area (Å²) in [7, 11) is 3.16. The molecule has 0 radical (unpaired) electrons. The average molecular weight is 205 g/mol. The van der Waals surface area contributed by atoms with Gasteiger partial charge in [-0.15, -0.1) is 0 Å². The zero-order chi connectivity index (χ0) is 10.9. The van der Waals surface area contributed by atoms with Crippen molar-refractivity contribution in [3.05, 3.63) is 0 Å². The lowest BCUT2D eigenvalue weighted by Crippen LogP contribution is -2.68. The predicted molar refractivity (Wildman–Crippen MR) is 50.8 cm³/mol. The first-order valence-electron chi connectivity index (χ1n) is 4.71. The third-order valence-corrected chi connectivity index (χ3v) is 2.85. The monoisotopic (exact) mass is 205 g/mol. The normalized spacial score (nSPS) is 49.3. The molecule has 0 saturated carbocycles. The van der Waals surface area contributed by atoms with Gasteiger partial charge in [0.15, 0.2) is 6.29 Å². The number of aliphatic hydroxyl groups excluding tert-OH is 1. The van der Waals surface area contributed by atoms with E-state index in [4.69, 9.17) is 9.47 Å². The molecule has 0 amide bonds. The number of methoxy groups -OCH3 is 1. The molecule has 14 heavy (non-hydrogen) atoms. The fourth-order valence-corrected chi connectivity index (χ4v) is 2.01. The van der Waals surface area contributed by atoms with Crippen LogP contribution < -0.4 is 5.32 Å². The highest BCUT2D eigenvalue weighted by Crippen LogP contribution is 2.29. The summed E-state index contributed by atoms with van der Waals surface area (Å²) in [5.41, 5.74) is -1.26. The summed E-state index contributed by atoms with van der Waals surface area (Å²) in [4.78, 5) is 0. The molecule has 5 atom stereocenters. The molecule has 0 spiro atoms. The summed E-state index contributed by atoms with van der Waals surface area (Å²) in [5, 5.41) is 22.8. The van der Waals surface area contributed by atoms with E-state index in [-0.39, 0.29) is 12.1 Å². The van der Waals surface area contributed by atoms with E-state index in [0.29, 0.717) is 0 Å². The fraction of sp³-hybridized carbons (Fsp3) is 1.00. The minimum atomic E-state index is -1.26. The first-order chi connectivity index (χ1) is 6.45. The third kappa shape index (κ3) is 1.78. The molecule has 0 bridgehead atoms. The van der Waals surface area contributed by atoms with Crippen molar-refractivity contribution in [1.29, 1.82) is 0 Å². The molecule has 1 aliphatic heterocycles. The Morgan fingerprint density at radius 1 is 1.50 bits per heavy atom. The molecule has 0 aromatic rings. The summed E-state index contributed by atoms with van der Waals surface area (Å²) in [6.07, 6.45) is -2.05. The predicted octanol–water partition coefficient (Wildman–Crippen LogP) is -0.922. The van der Waals surface area contributed by atoms with Crippen molar-refractivity contribution < 1.29 is 19.7 Å². The Morgan fingerprint density at radius 2 is 2.07 bits per heavy atom. The Hall–Kier alpha value is -0.200. The third-order valence-electron chi connectivity index (χ3n) is 2.85. The average Bonchev–Trinajstić information content (AvgIpc) is 2.12. The van der Waals surface area contributed by atoms with Crippen molar-refractivity contribution in [3.63, 3.8) is 0 Å². The maximum absolute atomic E-state index is 10.1. The van der Waals surface area contributed by atoms with Gasteiger partial charge in [-0.3, -0.25) is 0 Å². The second-order valence-corrected chi connectivity index (χ2v) is 3.88. The number of ether oxygens (including phenoxy) is 2. The zero-order valence-corrected chi connectivity index (χ0v) is 9.02. The van der Waals surface area contributed by atoms with Crippen molar-refractivity contribution >= 4 is 0 Å². The summed E-state index contributed by atoms with van der Waals surface area (Å²) < 4.78 is 10.3. The van der Waals surface area contributed by atoms with Gasteiger partial charge in [0, 0.05) is 7.11 Å². The molecule has 5 unspecified atom stereocenters. The molecule has 1 saturated heterocycles. The minimum Gasteiger partial charge on any atom is -0.386 e. The molecular weight excluding hydrogens is 186 g/mol. The molecule has 0 aromatic carbocycles. The van der Waals surface area contributed by atoms with Crippen molar-refractivity contribution in [2.24, 2.45) is 0 Å². The zero-order valence-electron chi connectivity index (χ0n) is 9.02. The van der Waals surface area contributed by atoms with E-state index in [2.05, 4.69) is 5.32 Å². The van der Waals surface area contributed by atoms with Crippen LogP contribution in [0.5, 0.6) is 0 Å². The second-order valence-electron chi connectivity index (χ2n) is 3.88. The lowest BCUT2D eigenvalue weighted by molar-refractivity contribution is -0.290.